The Morgan fingerprint density at radius 3 is 2.95 bits per heavy atom. The molecule has 0 atom stereocenters. The maximum atomic E-state index is 12.4. The summed E-state index contributed by atoms with van der Waals surface area (Å²) in [7, 11) is 0. The van der Waals surface area contributed by atoms with Gasteiger partial charge in [-0.2, -0.15) is 5.10 Å². The lowest BCUT2D eigenvalue weighted by atomic mass is 10.1. The first kappa shape index (κ1) is 13.0. The van der Waals surface area contributed by atoms with E-state index in [1.165, 1.54) is 17.5 Å². The van der Waals surface area contributed by atoms with Gasteiger partial charge in [0.2, 0.25) is 0 Å². The second-order valence-electron chi connectivity index (χ2n) is 5.67. The topological polar surface area (TPSA) is 59.3 Å². The number of benzene rings is 1. The number of hydrogen-bond acceptors (Lipinski definition) is 3. The van der Waals surface area contributed by atoms with Gasteiger partial charge in [-0.3, -0.25) is 4.79 Å². The summed E-state index contributed by atoms with van der Waals surface area (Å²) in [6.45, 7) is 1.84. The summed E-state index contributed by atoms with van der Waals surface area (Å²) in [5, 5.41) is 7.18. The molecule has 4 rings (SSSR count). The number of nitrogens with one attached hydrogen (secondary N) is 1. The summed E-state index contributed by atoms with van der Waals surface area (Å²) in [6.07, 6.45) is 5.16. The van der Waals surface area contributed by atoms with Crippen molar-refractivity contribution in [2.45, 2.75) is 26.2 Å². The molecule has 110 valence electrons. The highest BCUT2D eigenvalue weighted by atomic mass is 16.1. The lowest BCUT2D eigenvalue weighted by molar-refractivity contribution is 0.102. The molecule has 0 saturated carbocycles. The third-order valence-electron chi connectivity index (χ3n) is 4.06. The van der Waals surface area contributed by atoms with E-state index in [4.69, 9.17) is 0 Å². The summed E-state index contributed by atoms with van der Waals surface area (Å²) >= 11 is 0. The molecule has 5 nitrogen and oxygen atoms in total. The number of nitrogens with zero attached hydrogens (tertiary/aromatic N) is 3. The van der Waals surface area contributed by atoms with Crippen molar-refractivity contribution in [3.63, 3.8) is 0 Å². The van der Waals surface area contributed by atoms with Gasteiger partial charge in [0.05, 0.1) is 11.9 Å². The van der Waals surface area contributed by atoms with Crippen molar-refractivity contribution >= 4 is 17.2 Å². The van der Waals surface area contributed by atoms with Gasteiger partial charge in [-0.15, -0.1) is 0 Å². The van der Waals surface area contributed by atoms with Gasteiger partial charge in [0.1, 0.15) is 5.82 Å². The molecule has 0 fully saturated rings. The number of fused-ring (bicyclic) bond motifs is 2. The van der Waals surface area contributed by atoms with Crippen LogP contribution in [0.3, 0.4) is 0 Å². The van der Waals surface area contributed by atoms with Crippen LogP contribution in [-0.4, -0.2) is 20.5 Å². The summed E-state index contributed by atoms with van der Waals surface area (Å²) < 4.78 is 1.67. The Kier molecular flexibility index (Phi) is 2.92. The van der Waals surface area contributed by atoms with E-state index in [0.29, 0.717) is 17.1 Å². The minimum Gasteiger partial charge on any atom is -0.321 e. The van der Waals surface area contributed by atoms with Crippen LogP contribution in [0.1, 0.15) is 33.7 Å². The number of rotatable bonds is 2. The first-order valence-electron chi connectivity index (χ1n) is 7.45. The van der Waals surface area contributed by atoms with Gasteiger partial charge in [0, 0.05) is 5.56 Å². The highest BCUT2D eigenvalue weighted by molar-refractivity contribution is 6.04. The number of carbonyl (C=O) groups excluding carboxylic acids is 1. The zero-order valence-corrected chi connectivity index (χ0v) is 12.3. The number of anilines is 1. The van der Waals surface area contributed by atoms with Crippen LogP contribution < -0.4 is 5.32 Å². The van der Waals surface area contributed by atoms with Crippen molar-refractivity contribution in [3.05, 3.63) is 59.0 Å². The Hall–Kier alpha value is -2.69. The Bertz CT molecular complexity index is 881. The molecule has 1 amide bonds. The number of aryl methyl sites for hydroxylation is 3. The maximum Gasteiger partial charge on any atom is 0.255 e. The second kappa shape index (κ2) is 4.94. The van der Waals surface area contributed by atoms with E-state index in [2.05, 4.69) is 21.5 Å². The first-order chi connectivity index (χ1) is 10.7. The fourth-order valence-corrected chi connectivity index (χ4v) is 2.98. The fraction of sp³-hybridized carbons (Fsp3) is 0.235. The maximum absolute atomic E-state index is 12.4. The van der Waals surface area contributed by atoms with E-state index in [9.17, 15) is 4.79 Å². The van der Waals surface area contributed by atoms with Gasteiger partial charge in [-0.05, 0) is 61.6 Å². The molecule has 1 aliphatic carbocycles. The molecule has 5 heteroatoms. The molecule has 2 heterocycles. The minimum atomic E-state index is -0.0918. The van der Waals surface area contributed by atoms with Gasteiger partial charge >= 0.3 is 0 Å². The average Bonchev–Trinajstić information content (AvgIpc) is 3.10. The van der Waals surface area contributed by atoms with Crippen LogP contribution in [-0.2, 0) is 12.8 Å². The molecule has 0 radical (unpaired) electrons. The predicted molar refractivity (Wildman–Crippen MR) is 84.1 cm³/mol. The number of amides is 1. The molecule has 1 aliphatic rings. The first-order valence-corrected chi connectivity index (χ1v) is 7.45. The third kappa shape index (κ3) is 2.24. The summed E-state index contributed by atoms with van der Waals surface area (Å²) in [6, 6.07) is 9.67. The van der Waals surface area contributed by atoms with Crippen LogP contribution in [0.25, 0.3) is 5.65 Å². The monoisotopic (exact) mass is 292 g/mol. The van der Waals surface area contributed by atoms with E-state index >= 15 is 0 Å². The van der Waals surface area contributed by atoms with Crippen molar-refractivity contribution in [2.24, 2.45) is 0 Å². The zero-order valence-electron chi connectivity index (χ0n) is 12.3. The molecule has 0 aliphatic heterocycles. The highest BCUT2D eigenvalue weighted by Gasteiger charge is 2.14. The summed E-state index contributed by atoms with van der Waals surface area (Å²) in [5.41, 5.74) is 4.86. The molecule has 0 spiro atoms. The van der Waals surface area contributed by atoms with Crippen LogP contribution >= 0.6 is 0 Å². The van der Waals surface area contributed by atoms with Crippen LogP contribution in [0.5, 0.6) is 0 Å². The largest absolute Gasteiger partial charge is 0.321 e. The lowest BCUT2D eigenvalue weighted by Crippen LogP contribution is -2.12. The summed E-state index contributed by atoms with van der Waals surface area (Å²) in [4.78, 5) is 16.7. The molecule has 0 unspecified atom stereocenters. The Morgan fingerprint density at radius 1 is 1.18 bits per heavy atom. The van der Waals surface area contributed by atoms with E-state index in [0.717, 1.165) is 18.5 Å². The van der Waals surface area contributed by atoms with E-state index in [1.807, 2.05) is 31.2 Å². The van der Waals surface area contributed by atoms with Crippen LogP contribution in [0.2, 0.25) is 0 Å². The minimum absolute atomic E-state index is 0.0918. The van der Waals surface area contributed by atoms with Crippen molar-refractivity contribution in [1.29, 1.82) is 0 Å². The second-order valence-corrected chi connectivity index (χ2v) is 5.67. The van der Waals surface area contributed by atoms with E-state index in [1.54, 1.807) is 10.7 Å². The van der Waals surface area contributed by atoms with Crippen molar-refractivity contribution in [1.82, 2.24) is 14.6 Å². The standard InChI is InChI=1S/C17H16N4O/c1-11-18-16-8-7-15(10-21(16)20-11)19-17(22)14-6-5-12-3-2-4-13(12)9-14/h5-10H,2-4H2,1H3,(H,19,22). The zero-order chi connectivity index (χ0) is 15.1. The molecule has 0 bridgehead atoms. The quantitative estimate of drug-likeness (QED) is 0.790. The van der Waals surface area contributed by atoms with Crippen molar-refractivity contribution < 1.29 is 4.79 Å². The third-order valence-corrected chi connectivity index (χ3v) is 4.06. The predicted octanol–water partition coefficient (Wildman–Crippen LogP) is 2.78. The molecule has 3 aromatic rings. The number of hydrogen-bond donors (Lipinski definition) is 1. The van der Waals surface area contributed by atoms with Gasteiger partial charge in [-0.1, -0.05) is 6.07 Å². The van der Waals surface area contributed by atoms with E-state index < -0.39 is 0 Å². The SMILES string of the molecule is Cc1nc2ccc(NC(=O)c3ccc4c(c3)CCC4)cn2n1. The molecule has 22 heavy (non-hydrogen) atoms. The van der Waals surface area contributed by atoms with Gasteiger partial charge in [0.15, 0.2) is 5.65 Å². The Balaban J connectivity index is 1.59. The highest BCUT2D eigenvalue weighted by Crippen LogP contribution is 2.23. The molecule has 2 aromatic heterocycles. The fourth-order valence-electron chi connectivity index (χ4n) is 2.98. The average molecular weight is 292 g/mol. The normalized spacial score (nSPS) is 13.3. The van der Waals surface area contributed by atoms with Crippen LogP contribution in [0, 0.1) is 6.92 Å². The molecule has 0 saturated heterocycles. The van der Waals surface area contributed by atoms with Crippen molar-refractivity contribution in [2.75, 3.05) is 5.32 Å². The van der Waals surface area contributed by atoms with Crippen LogP contribution in [0.4, 0.5) is 5.69 Å². The molecule has 1 N–H and O–H groups in total. The Morgan fingerprint density at radius 2 is 2.05 bits per heavy atom. The van der Waals surface area contributed by atoms with Gasteiger partial charge in [-0.25, -0.2) is 9.50 Å². The molecule has 1 aromatic carbocycles. The molecular formula is C17H16N4O. The van der Waals surface area contributed by atoms with Gasteiger partial charge < -0.3 is 5.32 Å². The van der Waals surface area contributed by atoms with Crippen molar-refractivity contribution in [3.8, 4) is 0 Å². The number of carbonyl (C=O) groups is 1. The van der Waals surface area contributed by atoms with E-state index in [-0.39, 0.29) is 5.91 Å². The molecular weight excluding hydrogens is 276 g/mol. The Labute approximate surface area is 128 Å². The van der Waals surface area contributed by atoms with Gasteiger partial charge in [0.25, 0.3) is 5.91 Å². The number of aromatic nitrogens is 3. The smallest absolute Gasteiger partial charge is 0.255 e. The van der Waals surface area contributed by atoms with Crippen LogP contribution in [0.15, 0.2) is 36.5 Å². The summed E-state index contributed by atoms with van der Waals surface area (Å²) in [5.74, 6) is 0.619. The lowest BCUT2D eigenvalue weighted by Gasteiger charge is -2.07. The number of pyridine rings is 1.